The van der Waals surface area contributed by atoms with Gasteiger partial charge >= 0.3 is 5.69 Å². The lowest BCUT2D eigenvalue weighted by molar-refractivity contribution is 0.141. The molecule has 7 heteroatoms. The Bertz CT molecular complexity index is 1040. The lowest BCUT2D eigenvalue weighted by atomic mass is 9.99. The van der Waals surface area contributed by atoms with Crippen LogP contribution in [0.1, 0.15) is 37.4 Å². The fourth-order valence-electron chi connectivity index (χ4n) is 4.03. The first-order chi connectivity index (χ1) is 12.9. The van der Waals surface area contributed by atoms with Gasteiger partial charge in [-0.3, -0.25) is 9.47 Å². The predicted molar refractivity (Wildman–Crippen MR) is 110 cm³/mol. The Balaban J connectivity index is 1.52. The van der Waals surface area contributed by atoms with Crippen LogP contribution in [-0.4, -0.2) is 27.5 Å². The molecule has 0 radical (unpaired) electrons. The number of likely N-dealkylation sites (tertiary alicyclic amines) is 1. The number of aromatic amines is 1. The fraction of sp³-hybridized carbons (Fsp3) is 0.350. The molecule has 27 heavy (non-hydrogen) atoms. The second-order valence-electron chi connectivity index (χ2n) is 7.07. The molecule has 0 aliphatic carbocycles. The van der Waals surface area contributed by atoms with E-state index in [1.807, 2.05) is 29.7 Å². The summed E-state index contributed by atoms with van der Waals surface area (Å²) in [5.41, 5.74) is 2.25. The highest BCUT2D eigenvalue weighted by Crippen LogP contribution is 2.32. The quantitative estimate of drug-likeness (QED) is 0.587. The van der Waals surface area contributed by atoms with Crippen molar-refractivity contribution in [1.82, 2.24) is 14.5 Å². The van der Waals surface area contributed by atoms with Gasteiger partial charge < -0.3 is 4.98 Å². The monoisotopic (exact) mass is 451 g/mol. The molecule has 1 saturated heterocycles. The molecule has 3 aromatic rings. The Morgan fingerprint density at radius 2 is 1.96 bits per heavy atom. The van der Waals surface area contributed by atoms with Crippen molar-refractivity contribution >= 4 is 38.6 Å². The number of rotatable bonds is 3. The zero-order valence-corrected chi connectivity index (χ0v) is 17.2. The topological polar surface area (TPSA) is 41.0 Å². The van der Waals surface area contributed by atoms with Gasteiger partial charge in [-0.1, -0.05) is 33.6 Å². The van der Waals surface area contributed by atoms with Gasteiger partial charge in [0.2, 0.25) is 0 Å². The summed E-state index contributed by atoms with van der Waals surface area (Å²) in [4.78, 5) is 17.6. The number of nitrogens with zero attached hydrogens (tertiary/aromatic N) is 2. The smallest absolute Gasteiger partial charge is 0.305 e. The van der Waals surface area contributed by atoms with Gasteiger partial charge in [0.15, 0.2) is 0 Å². The normalized spacial score (nSPS) is 17.5. The first kappa shape index (κ1) is 18.7. The van der Waals surface area contributed by atoms with Crippen LogP contribution in [-0.2, 0) is 0 Å². The molecule has 142 valence electrons. The molecule has 2 aromatic carbocycles. The molecule has 4 nitrogen and oxygen atoms in total. The Labute approximate surface area is 170 Å². The Morgan fingerprint density at radius 1 is 1.22 bits per heavy atom. The van der Waals surface area contributed by atoms with Crippen molar-refractivity contribution in [2.75, 3.05) is 13.1 Å². The molecular weight excluding hydrogens is 433 g/mol. The molecular formula is C20H20BrClFN3O. The third-order valence-electron chi connectivity index (χ3n) is 5.50. The van der Waals surface area contributed by atoms with E-state index in [2.05, 4.69) is 25.8 Å². The Morgan fingerprint density at radius 3 is 2.67 bits per heavy atom. The number of hydrogen-bond donors (Lipinski definition) is 1. The van der Waals surface area contributed by atoms with Crippen molar-refractivity contribution in [3.8, 4) is 0 Å². The lowest BCUT2D eigenvalue weighted by Crippen LogP contribution is -2.38. The number of imidazole rings is 1. The van der Waals surface area contributed by atoms with Crippen LogP contribution < -0.4 is 5.69 Å². The molecule has 1 N–H and O–H groups in total. The third-order valence-corrected chi connectivity index (χ3v) is 6.23. The zero-order chi connectivity index (χ0) is 19.1. The van der Waals surface area contributed by atoms with E-state index in [0.717, 1.165) is 41.4 Å². The molecule has 1 aliphatic heterocycles. The van der Waals surface area contributed by atoms with Gasteiger partial charge in [-0.05, 0) is 50.1 Å². The van der Waals surface area contributed by atoms with Crippen LogP contribution in [0.3, 0.4) is 0 Å². The number of halogens is 3. The highest BCUT2D eigenvalue weighted by Gasteiger charge is 2.27. The summed E-state index contributed by atoms with van der Waals surface area (Å²) in [5, 5.41) is 0.607. The van der Waals surface area contributed by atoms with Gasteiger partial charge in [-0.2, -0.15) is 0 Å². The van der Waals surface area contributed by atoms with Gasteiger partial charge in [0.25, 0.3) is 0 Å². The molecule has 0 saturated carbocycles. The summed E-state index contributed by atoms with van der Waals surface area (Å²) in [7, 11) is 0. The van der Waals surface area contributed by atoms with Crippen molar-refractivity contribution in [3.05, 3.63) is 67.8 Å². The van der Waals surface area contributed by atoms with Crippen molar-refractivity contribution in [2.24, 2.45) is 0 Å². The van der Waals surface area contributed by atoms with Gasteiger partial charge in [-0.25, -0.2) is 9.18 Å². The van der Waals surface area contributed by atoms with Crippen LogP contribution in [0.5, 0.6) is 0 Å². The number of hydrogen-bond acceptors (Lipinski definition) is 2. The molecule has 2 heterocycles. The number of fused-ring (bicyclic) bond motifs is 1. The lowest BCUT2D eigenvalue weighted by Gasteiger charge is -2.36. The minimum atomic E-state index is -0.191. The van der Waals surface area contributed by atoms with Crippen LogP contribution in [0.15, 0.2) is 45.7 Å². The van der Waals surface area contributed by atoms with Gasteiger partial charge in [0.1, 0.15) is 5.82 Å². The van der Waals surface area contributed by atoms with Gasteiger partial charge in [0.05, 0.1) is 11.0 Å². The van der Waals surface area contributed by atoms with Crippen LogP contribution in [0.25, 0.3) is 11.0 Å². The minimum Gasteiger partial charge on any atom is -0.305 e. The summed E-state index contributed by atoms with van der Waals surface area (Å²) in [6, 6.07) is 10.8. The predicted octanol–water partition coefficient (Wildman–Crippen LogP) is 5.28. The molecule has 0 bridgehead atoms. The summed E-state index contributed by atoms with van der Waals surface area (Å²) in [6.45, 7) is 3.66. The average Bonchev–Trinajstić information content (AvgIpc) is 2.96. The van der Waals surface area contributed by atoms with E-state index in [-0.39, 0.29) is 23.6 Å². The van der Waals surface area contributed by atoms with Crippen molar-refractivity contribution in [1.29, 1.82) is 0 Å². The first-order valence-electron chi connectivity index (χ1n) is 9.03. The number of H-pyrrole nitrogens is 1. The Hall–Kier alpha value is -1.63. The van der Waals surface area contributed by atoms with Crippen LogP contribution >= 0.6 is 27.5 Å². The van der Waals surface area contributed by atoms with Gasteiger partial charge in [0, 0.05) is 40.2 Å². The van der Waals surface area contributed by atoms with Gasteiger partial charge in [-0.15, -0.1) is 0 Å². The SMILES string of the molecule is CC(c1ccc(Br)cc1F)N1CCC(n2c(=O)[nH]c3cc(Cl)ccc32)CC1. The number of piperidine rings is 1. The maximum Gasteiger partial charge on any atom is 0.326 e. The summed E-state index contributed by atoms with van der Waals surface area (Å²) in [6.07, 6.45) is 1.69. The maximum absolute atomic E-state index is 14.3. The highest BCUT2D eigenvalue weighted by molar-refractivity contribution is 9.10. The Kier molecular flexibility index (Phi) is 5.14. The van der Waals surface area contributed by atoms with Crippen LogP contribution in [0.4, 0.5) is 4.39 Å². The first-order valence-corrected chi connectivity index (χ1v) is 10.2. The minimum absolute atomic E-state index is 0.00227. The fourth-order valence-corrected chi connectivity index (χ4v) is 4.54. The molecule has 4 rings (SSSR count). The van der Waals surface area contributed by atoms with E-state index in [9.17, 15) is 9.18 Å². The molecule has 0 spiro atoms. The van der Waals surface area contributed by atoms with Crippen LogP contribution in [0.2, 0.25) is 5.02 Å². The van der Waals surface area contributed by atoms with Crippen molar-refractivity contribution in [2.45, 2.75) is 31.8 Å². The third kappa shape index (κ3) is 3.58. The van der Waals surface area contributed by atoms with Crippen molar-refractivity contribution < 1.29 is 4.39 Å². The number of nitrogens with one attached hydrogen (secondary N) is 1. The van der Waals surface area contributed by atoms with E-state index in [0.29, 0.717) is 10.6 Å². The second kappa shape index (κ2) is 7.41. The molecule has 1 aliphatic rings. The highest BCUT2D eigenvalue weighted by atomic mass is 79.9. The van der Waals surface area contributed by atoms with E-state index in [1.54, 1.807) is 12.1 Å². The molecule has 1 atom stereocenters. The molecule has 1 aromatic heterocycles. The molecule has 0 amide bonds. The van der Waals surface area contributed by atoms with Crippen molar-refractivity contribution in [3.63, 3.8) is 0 Å². The zero-order valence-electron chi connectivity index (χ0n) is 14.9. The van der Waals surface area contributed by atoms with Crippen LogP contribution in [0, 0.1) is 5.82 Å². The summed E-state index contributed by atoms with van der Waals surface area (Å²) in [5.74, 6) is -0.191. The number of benzene rings is 2. The summed E-state index contributed by atoms with van der Waals surface area (Å²) >= 11 is 9.33. The molecule has 1 unspecified atom stereocenters. The standard InChI is InChI=1S/C20H20BrClFN3O/c1-12(16-4-2-13(21)10-17(16)23)25-8-6-15(7-9-25)26-19-5-3-14(22)11-18(19)24-20(26)27/h2-5,10-12,15H,6-9H2,1H3,(H,24,27). The molecule has 1 fully saturated rings. The van der Waals surface area contributed by atoms with E-state index in [1.165, 1.54) is 6.07 Å². The maximum atomic E-state index is 14.3. The van der Waals surface area contributed by atoms with E-state index in [4.69, 9.17) is 11.6 Å². The van der Waals surface area contributed by atoms with E-state index >= 15 is 0 Å². The number of aromatic nitrogens is 2. The van der Waals surface area contributed by atoms with E-state index < -0.39 is 0 Å². The largest absolute Gasteiger partial charge is 0.326 e. The average molecular weight is 453 g/mol. The second-order valence-corrected chi connectivity index (χ2v) is 8.42. The summed E-state index contributed by atoms with van der Waals surface area (Å²) < 4.78 is 16.9.